The van der Waals surface area contributed by atoms with E-state index in [2.05, 4.69) is 5.32 Å². The maximum absolute atomic E-state index is 12.5. The van der Waals surface area contributed by atoms with Crippen LogP contribution in [-0.4, -0.2) is 30.1 Å². The first-order valence-corrected chi connectivity index (χ1v) is 8.61. The lowest BCUT2D eigenvalue weighted by Gasteiger charge is -2.30. The Bertz CT molecular complexity index is 559. The number of amides is 1. The van der Waals surface area contributed by atoms with Crippen molar-refractivity contribution < 1.29 is 19.4 Å². The van der Waals surface area contributed by atoms with Gasteiger partial charge in [0.1, 0.15) is 5.75 Å². The number of carboxylic acids is 1. The minimum atomic E-state index is -0.994. The summed E-state index contributed by atoms with van der Waals surface area (Å²) >= 11 is 0. The van der Waals surface area contributed by atoms with Crippen molar-refractivity contribution in [2.24, 2.45) is 11.3 Å². The molecule has 1 saturated carbocycles. The molecular weight excluding hydrogens is 306 g/mol. The average molecular weight is 333 g/mol. The zero-order chi connectivity index (χ0) is 17.6. The fourth-order valence-electron chi connectivity index (χ4n) is 3.28. The predicted molar refractivity (Wildman–Crippen MR) is 92.0 cm³/mol. The van der Waals surface area contributed by atoms with Gasteiger partial charge in [-0.3, -0.25) is 4.79 Å². The van der Waals surface area contributed by atoms with Crippen LogP contribution in [-0.2, 0) is 16.0 Å². The third-order valence-corrected chi connectivity index (χ3v) is 4.95. The summed E-state index contributed by atoms with van der Waals surface area (Å²) in [4.78, 5) is 22.9. The van der Waals surface area contributed by atoms with E-state index in [1.54, 1.807) is 12.1 Å². The standard InChI is InChI=1S/C19H27NO4/c1-19(2,15-5-3-4-6-15)18(23)20-12-11-14-7-9-16(10-8-14)24-13-17(21)22/h7-10,15H,3-6,11-13H2,1-2H3,(H,20,23)(H,21,22). The lowest BCUT2D eigenvalue weighted by Crippen LogP contribution is -2.41. The van der Waals surface area contributed by atoms with Crippen LogP contribution in [0.4, 0.5) is 0 Å². The van der Waals surface area contributed by atoms with Crippen LogP contribution in [0.5, 0.6) is 5.75 Å². The van der Waals surface area contributed by atoms with Crippen molar-refractivity contribution in [2.75, 3.05) is 13.2 Å². The molecule has 0 unspecified atom stereocenters. The van der Waals surface area contributed by atoms with Crippen molar-refractivity contribution in [1.82, 2.24) is 5.32 Å². The number of aliphatic carboxylic acids is 1. The maximum Gasteiger partial charge on any atom is 0.341 e. The smallest absolute Gasteiger partial charge is 0.341 e. The molecule has 1 aliphatic carbocycles. The first kappa shape index (κ1) is 18.3. The second-order valence-corrected chi connectivity index (χ2v) is 7.04. The Kier molecular flexibility index (Phi) is 6.23. The van der Waals surface area contributed by atoms with Crippen LogP contribution in [0, 0.1) is 11.3 Å². The van der Waals surface area contributed by atoms with E-state index in [1.807, 2.05) is 26.0 Å². The monoisotopic (exact) mass is 333 g/mol. The molecule has 1 aromatic carbocycles. The molecule has 2 rings (SSSR count). The van der Waals surface area contributed by atoms with E-state index in [1.165, 1.54) is 12.8 Å². The molecule has 5 nitrogen and oxygen atoms in total. The molecule has 132 valence electrons. The van der Waals surface area contributed by atoms with Crippen molar-refractivity contribution >= 4 is 11.9 Å². The number of hydrogen-bond acceptors (Lipinski definition) is 3. The van der Waals surface area contributed by atoms with Crippen LogP contribution in [0.2, 0.25) is 0 Å². The first-order chi connectivity index (χ1) is 11.4. The molecule has 24 heavy (non-hydrogen) atoms. The summed E-state index contributed by atoms with van der Waals surface area (Å²) in [5.41, 5.74) is 0.780. The first-order valence-electron chi connectivity index (χ1n) is 8.61. The van der Waals surface area contributed by atoms with Gasteiger partial charge in [-0.25, -0.2) is 4.79 Å². The summed E-state index contributed by atoms with van der Waals surface area (Å²) < 4.78 is 5.10. The quantitative estimate of drug-likeness (QED) is 0.767. The Morgan fingerprint density at radius 1 is 1.21 bits per heavy atom. The number of nitrogens with one attached hydrogen (secondary N) is 1. The van der Waals surface area contributed by atoms with Crippen molar-refractivity contribution in [3.05, 3.63) is 29.8 Å². The Morgan fingerprint density at radius 2 is 1.83 bits per heavy atom. The van der Waals surface area contributed by atoms with Gasteiger partial charge in [0.25, 0.3) is 0 Å². The molecule has 1 fully saturated rings. The summed E-state index contributed by atoms with van der Waals surface area (Å²) in [7, 11) is 0. The van der Waals surface area contributed by atoms with E-state index < -0.39 is 5.97 Å². The normalized spacial score (nSPS) is 15.2. The van der Waals surface area contributed by atoms with Gasteiger partial charge in [-0.1, -0.05) is 38.8 Å². The zero-order valence-electron chi connectivity index (χ0n) is 14.5. The van der Waals surface area contributed by atoms with E-state index in [4.69, 9.17) is 9.84 Å². The van der Waals surface area contributed by atoms with Crippen molar-refractivity contribution in [3.63, 3.8) is 0 Å². The van der Waals surface area contributed by atoms with E-state index in [9.17, 15) is 9.59 Å². The van der Waals surface area contributed by atoms with Gasteiger partial charge in [0, 0.05) is 12.0 Å². The molecule has 0 atom stereocenters. The van der Waals surface area contributed by atoms with Gasteiger partial charge >= 0.3 is 5.97 Å². The lowest BCUT2D eigenvalue weighted by molar-refractivity contribution is -0.139. The summed E-state index contributed by atoms with van der Waals surface area (Å²) in [6.45, 7) is 4.36. The van der Waals surface area contributed by atoms with Crippen LogP contribution >= 0.6 is 0 Å². The molecule has 1 aliphatic rings. The van der Waals surface area contributed by atoms with Crippen LogP contribution in [0.1, 0.15) is 45.1 Å². The number of benzene rings is 1. The minimum Gasteiger partial charge on any atom is -0.482 e. The number of carboxylic acid groups (broad SMARTS) is 1. The van der Waals surface area contributed by atoms with Gasteiger partial charge in [0.05, 0.1) is 0 Å². The molecule has 0 radical (unpaired) electrons. The highest BCUT2D eigenvalue weighted by atomic mass is 16.5. The highest BCUT2D eigenvalue weighted by molar-refractivity contribution is 5.82. The van der Waals surface area contributed by atoms with E-state index in [-0.39, 0.29) is 17.9 Å². The minimum absolute atomic E-state index is 0.135. The van der Waals surface area contributed by atoms with Gasteiger partial charge in [-0.2, -0.15) is 0 Å². The number of carbonyl (C=O) groups is 2. The zero-order valence-corrected chi connectivity index (χ0v) is 14.5. The Labute approximate surface area is 143 Å². The van der Waals surface area contributed by atoms with Crippen LogP contribution in [0.3, 0.4) is 0 Å². The molecule has 0 bridgehead atoms. The molecule has 0 spiro atoms. The average Bonchev–Trinajstić information content (AvgIpc) is 3.09. The number of carbonyl (C=O) groups excluding carboxylic acids is 1. The van der Waals surface area contributed by atoms with Gasteiger partial charge in [0.15, 0.2) is 6.61 Å². The molecule has 1 aromatic rings. The second kappa shape index (κ2) is 8.18. The highest BCUT2D eigenvalue weighted by Crippen LogP contribution is 2.39. The maximum atomic E-state index is 12.5. The molecule has 0 saturated heterocycles. The molecule has 0 aromatic heterocycles. The van der Waals surface area contributed by atoms with Crippen LogP contribution in [0.15, 0.2) is 24.3 Å². The topological polar surface area (TPSA) is 75.6 Å². The largest absolute Gasteiger partial charge is 0.482 e. The molecular formula is C19H27NO4. The van der Waals surface area contributed by atoms with Gasteiger partial charge in [0.2, 0.25) is 5.91 Å². The lowest BCUT2D eigenvalue weighted by atomic mass is 9.77. The highest BCUT2D eigenvalue weighted by Gasteiger charge is 2.37. The summed E-state index contributed by atoms with van der Waals surface area (Å²) in [5.74, 6) is 0.165. The van der Waals surface area contributed by atoms with E-state index >= 15 is 0 Å². The summed E-state index contributed by atoms with van der Waals surface area (Å²) in [6, 6.07) is 7.29. The van der Waals surface area contributed by atoms with Crippen molar-refractivity contribution in [3.8, 4) is 5.75 Å². The second-order valence-electron chi connectivity index (χ2n) is 7.04. The van der Waals surface area contributed by atoms with Gasteiger partial charge in [-0.05, 0) is 42.9 Å². The number of rotatable bonds is 8. The third kappa shape index (κ3) is 4.98. The Balaban J connectivity index is 1.76. The molecule has 2 N–H and O–H groups in total. The fourth-order valence-corrected chi connectivity index (χ4v) is 3.28. The molecule has 0 aliphatic heterocycles. The van der Waals surface area contributed by atoms with E-state index in [0.29, 0.717) is 18.2 Å². The van der Waals surface area contributed by atoms with Gasteiger partial charge < -0.3 is 15.2 Å². The Morgan fingerprint density at radius 3 is 2.42 bits per heavy atom. The third-order valence-electron chi connectivity index (χ3n) is 4.95. The van der Waals surface area contributed by atoms with Crippen molar-refractivity contribution in [1.29, 1.82) is 0 Å². The molecule has 0 heterocycles. The van der Waals surface area contributed by atoms with Gasteiger partial charge in [-0.15, -0.1) is 0 Å². The molecule has 1 amide bonds. The summed E-state index contributed by atoms with van der Waals surface area (Å²) in [6.07, 6.45) is 5.51. The Hall–Kier alpha value is -2.04. The van der Waals surface area contributed by atoms with Crippen molar-refractivity contribution in [2.45, 2.75) is 46.0 Å². The SMILES string of the molecule is CC(C)(C(=O)NCCc1ccc(OCC(=O)O)cc1)C1CCCC1. The predicted octanol–water partition coefficient (Wildman–Crippen LogP) is 3.03. The number of hydrogen-bond donors (Lipinski definition) is 2. The molecule has 5 heteroatoms. The van der Waals surface area contributed by atoms with E-state index in [0.717, 1.165) is 24.8 Å². The van der Waals surface area contributed by atoms with Crippen LogP contribution in [0.25, 0.3) is 0 Å². The van der Waals surface area contributed by atoms with Crippen LogP contribution < -0.4 is 10.1 Å². The summed E-state index contributed by atoms with van der Waals surface area (Å²) in [5, 5.41) is 11.6. The fraction of sp³-hybridized carbons (Fsp3) is 0.579. The number of ether oxygens (including phenoxy) is 1.